The minimum absolute atomic E-state index is 0.281. The number of pyridine rings is 3. The zero-order valence-corrected chi connectivity index (χ0v) is 48.0. The average Bonchev–Trinajstić information content (AvgIpc) is 1.72. The summed E-state index contributed by atoms with van der Waals surface area (Å²) in [7, 11) is 0. The van der Waals surface area contributed by atoms with Crippen LogP contribution < -0.4 is 0 Å². The maximum absolute atomic E-state index is 16.0. The first-order chi connectivity index (χ1) is 44.3. The molecular formula is C80H48F2N8. The van der Waals surface area contributed by atoms with Crippen LogP contribution in [0.25, 0.3) is 156 Å². The molecule has 0 atom stereocenters. The summed E-state index contributed by atoms with van der Waals surface area (Å²) in [6.07, 6.45) is 1.77. The fraction of sp³-hybridized carbons (Fsp3) is 0. The molecule has 8 nitrogen and oxygen atoms in total. The van der Waals surface area contributed by atoms with E-state index < -0.39 is 11.6 Å². The fourth-order valence-corrected chi connectivity index (χ4v) is 12.5. The molecule has 6 heterocycles. The first-order valence-corrected chi connectivity index (χ1v) is 29.5. The molecule has 0 N–H and O–H groups in total. The van der Waals surface area contributed by atoms with Crippen LogP contribution in [0, 0.1) is 23.0 Å². The van der Waals surface area contributed by atoms with Gasteiger partial charge in [0.25, 0.3) is 0 Å². The zero-order chi connectivity index (χ0) is 60.2. The Bertz CT molecular complexity index is 5220. The van der Waals surface area contributed by atoms with E-state index in [2.05, 4.69) is 94.1 Å². The highest BCUT2D eigenvalue weighted by Crippen LogP contribution is 2.44. The number of nitrogens with zero attached hydrogens (tertiary/aromatic N) is 8. The summed E-state index contributed by atoms with van der Waals surface area (Å²) in [5.74, 6) is -0.944. The first-order valence-electron chi connectivity index (χ1n) is 29.5. The van der Waals surface area contributed by atoms with Gasteiger partial charge in [0.15, 0.2) is 5.82 Å². The van der Waals surface area contributed by atoms with E-state index in [9.17, 15) is 5.26 Å². The Morgan fingerprint density at radius 3 is 1.04 bits per heavy atom. The highest BCUT2D eigenvalue weighted by atomic mass is 19.1. The molecule has 0 bridgehead atoms. The van der Waals surface area contributed by atoms with Crippen molar-refractivity contribution in [2.45, 2.75) is 0 Å². The second kappa shape index (κ2) is 22.2. The van der Waals surface area contributed by atoms with Gasteiger partial charge >= 0.3 is 0 Å². The number of hydrogen-bond donors (Lipinski definition) is 0. The highest BCUT2D eigenvalue weighted by Gasteiger charge is 2.25. The summed E-state index contributed by atoms with van der Waals surface area (Å²) in [4.78, 5) is 25.4. The Kier molecular flexibility index (Phi) is 13.1. The van der Waals surface area contributed by atoms with E-state index in [0.717, 1.165) is 134 Å². The van der Waals surface area contributed by atoms with Gasteiger partial charge in [0, 0.05) is 83.9 Å². The quantitative estimate of drug-likeness (QED) is 0.128. The third-order valence-electron chi connectivity index (χ3n) is 16.7. The molecule has 0 saturated carbocycles. The van der Waals surface area contributed by atoms with Crippen molar-refractivity contribution in [1.82, 2.24) is 34.1 Å². The molecule has 16 rings (SSSR count). The lowest BCUT2D eigenvalue weighted by molar-refractivity contribution is 0.584. The van der Waals surface area contributed by atoms with Gasteiger partial charge < -0.3 is 9.13 Å². The molecule has 422 valence electrons. The molecule has 0 spiro atoms. The maximum atomic E-state index is 16.0. The van der Waals surface area contributed by atoms with Crippen molar-refractivity contribution in [3.63, 3.8) is 0 Å². The van der Waals surface area contributed by atoms with Crippen molar-refractivity contribution in [2.24, 2.45) is 0 Å². The van der Waals surface area contributed by atoms with Crippen molar-refractivity contribution in [3.05, 3.63) is 309 Å². The summed E-state index contributed by atoms with van der Waals surface area (Å²) < 4.78 is 36.1. The topological polar surface area (TPSA) is 98.1 Å². The van der Waals surface area contributed by atoms with Crippen LogP contribution in [0.1, 0.15) is 5.56 Å². The third-order valence-corrected chi connectivity index (χ3v) is 16.7. The number of benzene rings is 10. The van der Waals surface area contributed by atoms with Gasteiger partial charge in [0.1, 0.15) is 17.7 Å². The molecule has 0 aliphatic carbocycles. The number of halogens is 2. The van der Waals surface area contributed by atoms with E-state index in [1.807, 2.05) is 188 Å². The van der Waals surface area contributed by atoms with Crippen LogP contribution in [0.5, 0.6) is 0 Å². The average molecular weight is 1160 g/mol. The molecule has 90 heavy (non-hydrogen) atoms. The van der Waals surface area contributed by atoms with Crippen LogP contribution in [0.3, 0.4) is 0 Å². The number of nitriles is 1. The van der Waals surface area contributed by atoms with Gasteiger partial charge in [0.2, 0.25) is 0 Å². The van der Waals surface area contributed by atoms with Gasteiger partial charge in [-0.2, -0.15) is 5.26 Å². The number of fused-ring (bicyclic) bond motifs is 6. The van der Waals surface area contributed by atoms with Gasteiger partial charge in [-0.05, 0) is 127 Å². The summed E-state index contributed by atoms with van der Waals surface area (Å²) >= 11 is 0. The predicted octanol–water partition coefficient (Wildman–Crippen LogP) is 20.0. The lowest BCUT2D eigenvalue weighted by Gasteiger charge is -2.19. The van der Waals surface area contributed by atoms with Crippen LogP contribution in [0.2, 0.25) is 0 Å². The smallest absolute Gasteiger partial charge is 0.159 e. The SMILES string of the molecule is N#Cc1cc(-n2c3ccc(-c4cccc(-c5ccccc5)n4)cc3c3cc(-c4nccc(-c5ccccc5)n4)ccc32)c(-c2cc(F)cc(F)c2)cc1-n1c2ccc(-c3cccc(-c4ccccc4)n3)cc2c2cc(-c3cccc(-c4ccccc4)n3)ccc21. The first kappa shape index (κ1) is 53.2. The van der Waals surface area contributed by atoms with Gasteiger partial charge in [-0.3, -0.25) is 0 Å². The normalized spacial score (nSPS) is 11.4. The molecule has 0 aliphatic rings. The molecule has 0 radical (unpaired) electrons. The Morgan fingerprint density at radius 1 is 0.289 bits per heavy atom. The standard InChI is InChI=1S/C80H48F2N8/c81-60-40-58(41-61(82)47-60)62-48-78(89-74-34-30-54(70-27-13-24-67(85-70)50-16-5-1-6-17-50)42-63(74)64-43-55(31-35-75(64)89)71-28-14-25-68(86-71)51-18-7-2-8-19-51)59(49-83)46-79(62)90-76-36-32-56(72-29-15-26-69(87-72)52-20-9-3-10-21-52)44-65(76)66-45-57(33-37-77(66)90)80-84-39-38-73(88-80)53-22-11-4-12-23-53/h1-48H. The minimum atomic E-state index is -0.742. The van der Waals surface area contributed by atoms with E-state index in [4.69, 9.17) is 24.9 Å². The van der Waals surface area contributed by atoms with Crippen molar-refractivity contribution >= 4 is 43.6 Å². The van der Waals surface area contributed by atoms with Crippen LogP contribution in [0.4, 0.5) is 8.78 Å². The molecule has 0 amide bonds. The van der Waals surface area contributed by atoms with Crippen LogP contribution in [-0.4, -0.2) is 34.1 Å². The second-order valence-corrected chi connectivity index (χ2v) is 22.2. The molecule has 0 unspecified atom stereocenters. The molecule has 0 aliphatic heterocycles. The van der Waals surface area contributed by atoms with E-state index in [1.165, 1.54) is 12.1 Å². The lowest BCUT2D eigenvalue weighted by atomic mass is 9.98. The summed E-state index contributed by atoms with van der Waals surface area (Å²) in [5.41, 5.74) is 18.4. The van der Waals surface area contributed by atoms with Crippen LogP contribution >= 0.6 is 0 Å². The van der Waals surface area contributed by atoms with E-state index in [0.29, 0.717) is 28.3 Å². The van der Waals surface area contributed by atoms with Gasteiger partial charge in [-0.15, -0.1) is 0 Å². The molecule has 0 saturated heterocycles. The molecule has 6 aromatic heterocycles. The minimum Gasteiger partial charge on any atom is -0.309 e. The third kappa shape index (κ3) is 9.60. The Hall–Kier alpha value is -12.3. The fourth-order valence-electron chi connectivity index (χ4n) is 12.5. The molecular weight excluding hydrogens is 1110 g/mol. The summed E-state index contributed by atoms with van der Waals surface area (Å²) in [6.45, 7) is 0. The van der Waals surface area contributed by atoms with Gasteiger partial charge in [-0.25, -0.2) is 33.7 Å². The molecule has 0 fully saturated rings. The second-order valence-electron chi connectivity index (χ2n) is 22.2. The predicted molar refractivity (Wildman–Crippen MR) is 358 cm³/mol. The Balaban J connectivity index is 0.930. The largest absolute Gasteiger partial charge is 0.309 e. The number of hydrogen-bond acceptors (Lipinski definition) is 6. The summed E-state index contributed by atoms with van der Waals surface area (Å²) in [6, 6.07) is 95.2. The van der Waals surface area contributed by atoms with E-state index in [-0.39, 0.29) is 5.56 Å². The summed E-state index contributed by atoms with van der Waals surface area (Å²) in [5, 5.41) is 15.2. The molecule has 16 aromatic rings. The molecule has 10 aromatic carbocycles. The van der Waals surface area contributed by atoms with Crippen molar-refractivity contribution in [3.8, 4) is 119 Å². The van der Waals surface area contributed by atoms with Crippen LogP contribution in [-0.2, 0) is 0 Å². The van der Waals surface area contributed by atoms with Crippen molar-refractivity contribution < 1.29 is 8.78 Å². The number of rotatable bonds is 11. The van der Waals surface area contributed by atoms with Gasteiger partial charge in [-0.1, -0.05) is 158 Å². The maximum Gasteiger partial charge on any atom is 0.159 e. The monoisotopic (exact) mass is 1160 g/mol. The Labute approximate surface area is 516 Å². The van der Waals surface area contributed by atoms with Crippen molar-refractivity contribution in [2.75, 3.05) is 0 Å². The lowest BCUT2D eigenvalue weighted by Crippen LogP contribution is -2.04. The van der Waals surface area contributed by atoms with Crippen molar-refractivity contribution in [1.29, 1.82) is 5.26 Å². The van der Waals surface area contributed by atoms with Gasteiger partial charge in [0.05, 0.1) is 78.9 Å². The zero-order valence-electron chi connectivity index (χ0n) is 48.0. The molecule has 10 heteroatoms. The highest BCUT2D eigenvalue weighted by molar-refractivity contribution is 6.14. The number of aromatic nitrogens is 7. The van der Waals surface area contributed by atoms with E-state index in [1.54, 1.807) is 6.20 Å². The van der Waals surface area contributed by atoms with E-state index >= 15 is 8.78 Å². The van der Waals surface area contributed by atoms with Crippen LogP contribution in [0.15, 0.2) is 291 Å². The Morgan fingerprint density at radius 2 is 0.644 bits per heavy atom.